The molecule has 3 nitrogen and oxygen atoms in total. The van der Waals surface area contributed by atoms with E-state index in [2.05, 4.69) is 10.3 Å². The first-order chi connectivity index (χ1) is 11.6. The number of anilines is 1. The maximum Gasteiger partial charge on any atom is 0.257 e. The molecule has 0 saturated carbocycles. The van der Waals surface area contributed by atoms with E-state index < -0.39 is 0 Å². The van der Waals surface area contributed by atoms with Gasteiger partial charge in [-0.15, -0.1) is 22.7 Å². The average molecular weight is 415 g/mol. The zero-order chi connectivity index (χ0) is 17.1. The van der Waals surface area contributed by atoms with E-state index in [-0.39, 0.29) is 5.91 Å². The van der Waals surface area contributed by atoms with Crippen molar-refractivity contribution in [3.8, 4) is 11.3 Å². The van der Waals surface area contributed by atoms with Crippen molar-refractivity contribution >= 4 is 68.7 Å². The van der Waals surface area contributed by atoms with Gasteiger partial charge in [-0.2, -0.15) is 11.8 Å². The molecule has 0 fully saturated rings. The number of thioether (sulfide) groups is 1. The second-order valence-corrected chi connectivity index (χ2v) is 8.87. The number of hydrogen-bond donors (Lipinski definition) is 1. The van der Waals surface area contributed by atoms with Crippen LogP contribution in [0.5, 0.6) is 0 Å². The molecule has 124 valence electrons. The van der Waals surface area contributed by atoms with Gasteiger partial charge in [-0.25, -0.2) is 4.98 Å². The molecule has 0 unspecified atom stereocenters. The normalized spacial score (nSPS) is 10.8. The first kappa shape index (κ1) is 17.8. The van der Waals surface area contributed by atoms with Crippen LogP contribution in [0.15, 0.2) is 35.7 Å². The van der Waals surface area contributed by atoms with Gasteiger partial charge in [-0.1, -0.05) is 35.3 Å². The number of carbonyl (C=O) groups excluding carboxylic acids is 1. The third-order valence-electron chi connectivity index (χ3n) is 3.18. The van der Waals surface area contributed by atoms with E-state index in [0.717, 1.165) is 11.3 Å². The van der Waals surface area contributed by atoms with Crippen LogP contribution >= 0.6 is 57.6 Å². The largest absolute Gasteiger partial charge is 0.298 e. The predicted molar refractivity (Wildman–Crippen MR) is 107 cm³/mol. The summed E-state index contributed by atoms with van der Waals surface area (Å²) in [5.74, 6) is 0.753. The first-order valence-electron chi connectivity index (χ1n) is 6.87. The summed E-state index contributed by atoms with van der Waals surface area (Å²) in [5.41, 5.74) is 3.29. The van der Waals surface area contributed by atoms with E-state index in [0.29, 0.717) is 25.1 Å². The molecule has 0 aliphatic carbocycles. The molecule has 1 amide bonds. The second kappa shape index (κ2) is 7.89. The van der Waals surface area contributed by atoms with Crippen LogP contribution in [-0.4, -0.2) is 17.1 Å². The Kier molecular flexibility index (Phi) is 5.84. The van der Waals surface area contributed by atoms with Crippen molar-refractivity contribution in [2.75, 3.05) is 11.6 Å². The molecule has 0 atom stereocenters. The van der Waals surface area contributed by atoms with Gasteiger partial charge >= 0.3 is 0 Å². The number of nitrogens with one attached hydrogen (secondary N) is 1. The van der Waals surface area contributed by atoms with Gasteiger partial charge in [-0.3, -0.25) is 10.1 Å². The molecule has 1 N–H and O–H groups in total. The molecule has 0 aliphatic rings. The first-order valence-corrected chi connectivity index (χ1v) is 10.7. The van der Waals surface area contributed by atoms with Gasteiger partial charge in [0.2, 0.25) is 0 Å². The Morgan fingerprint density at radius 2 is 2.04 bits per heavy atom. The molecule has 3 aromatic rings. The molecule has 1 aromatic carbocycles. The minimum atomic E-state index is -0.180. The Morgan fingerprint density at radius 3 is 2.67 bits per heavy atom. The van der Waals surface area contributed by atoms with Crippen LogP contribution in [-0.2, 0) is 5.75 Å². The maximum atomic E-state index is 12.3. The Hall–Kier alpha value is -1.05. The van der Waals surface area contributed by atoms with Crippen LogP contribution in [0.3, 0.4) is 0 Å². The highest BCUT2D eigenvalue weighted by Crippen LogP contribution is 2.39. The highest BCUT2D eigenvalue weighted by molar-refractivity contribution is 7.97. The zero-order valence-electron chi connectivity index (χ0n) is 12.5. The molecule has 0 saturated heterocycles. The Balaban J connectivity index is 1.72. The van der Waals surface area contributed by atoms with Gasteiger partial charge in [0, 0.05) is 22.3 Å². The molecule has 2 heterocycles. The lowest BCUT2D eigenvalue weighted by atomic mass is 10.1. The monoisotopic (exact) mass is 414 g/mol. The lowest BCUT2D eigenvalue weighted by Gasteiger charge is -2.03. The lowest BCUT2D eigenvalue weighted by Crippen LogP contribution is -2.11. The van der Waals surface area contributed by atoms with E-state index in [1.807, 2.05) is 35.9 Å². The van der Waals surface area contributed by atoms with Crippen LogP contribution in [0.1, 0.15) is 15.9 Å². The van der Waals surface area contributed by atoms with E-state index in [4.69, 9.17) is 23.2 Å². The number of rotatable bonds is 5. The quantitative estimate of drug-likeness (QED) is 0.532. The third kappa shape index (κ3) is 4.13. The Morgan fingerprint density at radius 1 is 1.29 bits per heavy atom. The van der Waals surface area contributed by atoms with E-state index in [9.17, 15) is 4.79 Å². The van der Waals surface area contributed by atoms with Gasteiger partial charge < -0.3 is 0 Å². The highest BCUT2D eigenvalue weighted by Gasteiger charge is 2.14. The van der Waals surface area contributed by atoms with Crippen LogP contribution in [0.2, 0.25) is 8.67 Å². The summed E-state index contributed by atoms with van der Waals surface area (Å²) in [6.07, 6.45) is 2.05. The summed E-state index contributed by atoms with van der Waals surface area (Å²) in [6.45, 7) is 0. The summed E-state index contributed by atoms with van der Waals surface area (Å²) in [5, 5.41) is 5.19. The van der Waals surface area contributed by atoms with Crippen molar-refractivity contribution in [2.45, 2.75) is 5.75 Å². The van der Waals surface area contributed by atoms with Crippen molar-refractivity contribution in [1.82, 2.24) is 4.98 Å². The van der Waals surface area contributed by atoms with Gasteiger partial charge in [-0.05, 0) is 30.0 Å². The number of halogens is 2. The second-order valence-electron chi connectivity index (χ2n) is 4.86. The number of carbonyl (C=O) groups is 1. The number of thiazole rings is 1. The summed E-state index contributed by atoms with van der Waals surface area (Å²) >= 11 is 16.5. The fourth-order valence-electron chi connectivity index (χ4n) is 2.06. The number of thiophene rings is 1. The molecule has 0 aliphatic heterocycles. The maximum absolute atomic E-state index is 12.3. The van der Waals surface area contributed by atoms with Crippen LogP contribution < -0.4 is 5.32 Å². The minimum Gasteiger partial charge on any atom is -0.298 e. The zero-order valence-corrected chi connectivity index (χ0v) is 16.5. The van der Waals surface area contributed by atoms with Gasteiger partial charge in [0.05, 0.1) is 10.0 Å². The number of benzene rings is 1. The van der Waals surface area contributed by atoms with Crippen molar-refractivity contribution in [1.29, 1.82) is 0 Å². The topological polar surface area (TPSA) is 42.0 Å². The molecular weight excluding hydrogens is 403 g/mol. The molecule has 24 heavy (non-hydrogen) atoms. The van der Waals surface area contributed by atoms with Crippen molar-refractivity contribution in [2.24, 2.45) is 0 Å². The van der Waals surface area contributed by atoms with Gasteiger partial charge in [0.25, 0.3) is 5.91 Å². The molecule has 3 rings (SSSR count). The summed E-state index contributed by atoms with van der Waals surface area (Å²) < 4.78 is 1.20. The lowest BCUT2D eigenvalue weighted by molar-refractivity contribution is 0.102. The SMILES string of the molecule is CSCc1ccc(C(=O)Nc2nc(-c3cc(Cl)sc3Cl)cs2)cc1. The fraction of sp³-hybridized carbons (Fsp3) is 0.125. The average Bonchev–Trinajstić information content (AvgIpc) is 3.14. The highest BCUT2D eigenvalue weighted by atomic mass is 35.5. The number of aromatic nitrogens is 1. The van der Waals surface area contributed by atoms with Crippen LogP contribution in [0.4, 0.5) is 5.13 Å². The fourth-order valence-corrected chi connectivity index (χ4v) is 4.77. The number of amides is 1. The van der Waals surface area contributed by atoms with Crippen molar-refractivity contribution in [3.05, 3.63) is 55.5 Å². The summed E-state index contributed by atoms with van der Waals surface area (Å²) in [4.78, 5) is 16.7. The number of nitrogens with zero attached hydrogens (tertiary/aromatic N) is 1. The van der Waals surface area contributed by atoms with Crippen molar-refractivity contribution in [3.63, 3.8) is 0 Å². The van der Waals surface area contributed by atoms with E-state index >= 15 is 0 Å². The Labute approximate surface area is 162 Å². The van der Waals surface area contributed by atoms with Crippen LogP contribution in [0, 0.1) is 0 Å². The molecular formula is C16H12Cl2N2OS3. The molecule has 2 aromatic heterocycles. The smallest absolute Gasteiger partial charge is 0.257 e. The number of hydrogen-bond acceptors (Lipinski definition) is 5. The molecule has 0 spiro atoms. The van der Waals surface area contributed by atoms with E-state index in [1.54, 1.807) is 17.8 Å². The minimum absolute atomic E-state index is 0.180. The molecule has 0 radical (unpaired) electrons. The van der Waals surface area contributed by atoms with E-state index in [1.165, 1.54) is 28.2 Å². The van der Waals surface area contributed by atoms with Crippen LogP contribution in [0.25, 0.3) is 11.3 Å². The predicted octanol–water partition coefficient (Wildman–Crippen LogP) is 6.29. The molecule has 0 bridgehead atoms. The summed E-state index contributed by atoms with van der Waals surface area (Å²) in [6, 6.07) is 9.35. The molecule has 8 heteroatoms. The summed E-state index contributed by atoms with van der Waals surface area (Å²) in [7, 11) is 0. The Bertz CT molecular complexity index is 859. The standard InChI is InChI=1S/C16H12Cl2N2OS3/c1-22-7-9-2-4-10(5-3-9)15(21)20-16-19-12(8-23-16)11-6-13(17)24-14(11)18/h2-6,8H,7H2,1H3,(H,19,20,21). The van der Waals surface area contributed by atoms with Gasteiger partial charge in [0.15, 0.2) is 5.13 Å². The third-order valence-corrected chi connectivity index (χ3v) is 6.05. The van der Waals surface area contributed by atoms with Gasteiger partial charge in [0.1, 0.15) is 4.34 Å². The van der Waals surface area contributed by atoms with Crippen molar-refractivity contribution < 1.29 is 4.79 Å².